The van der Waals surface area contributed by atoms with E-state index in [1.165, 1.54) is 5.56 Å². The highest BCUT2D eigenvalue weighted by molar-refractivity contribution is 5.81. The van der Waals surface area contributed by atoms with Crippen LogP contribution < -0.4 is 5.32 Å². The van der Waals surface area contributed by atoms with E-state index in [0.29, 0.717) is 13.2 Å². The van der Waals surface area contributed by atoms with Crippen molar-refractivity contribution in [3.8, 4) is 0 Å². The second-order valence-electron chi connectivity index (χ2n) is 6.31. The summed E-state index contributed by atoms with van der Waals surface area (Å²) < 4.78 is 7.62. The van der Waals surface area contributed by atoms with Gasteiger partial charge in [-0.05, 0) is 30.5 Å². The van der Waals surface area contributed by atoms with E-state index in [1.54, 1.807) is 0 Å². The number of nitrogens with zero attached hydrogens (tertiary/aromatic N) is 2. The molecule has 5 nitrogen and oxygen atoms in total. The molecule has 3 aromatic rings. The first-order chi connectivity index (χ1) is 12.3. The zero-order valence-corrected chi connectivity index (χ0v) is 14.0. The minimum atomic E-state index is -0.313. The average molecular weight is 335 g/mol. The molecule has 1 aliphatic rings. The normalized spacial score (nSPS) is 17.0. The summed E-state index contributed by atoms with van der Waals surface area (Å²) in [6.07, 6.45) is 1.43. The SMILES string of the molecule is O=C(NCc1nc2ccccc2n1Cc1ccccc1)C1CCCO1. The summed E-state index contributed by atoms with van der Waals surface area (Å²) in [6, 6.07) is 18.3. The lowest BCUT2D eigenvalue weighted by Gasteiger charge is -2.12. The van der Waals surface area contributed by atoms with Gasteiger partial charge in [0.05, 0.1) is 17.6 Å². The van der Waals surface area contributed by atoms with Gasteiger partial charge < -0.3 is 14.6 Å². The third-order valence-electron chi connectivity index (χ3n) is 4.56. The molecular formula is C20H21N3O2. The molecular weight excluding hydrogens is 314 g/mol. The summed E-state index contributed by atoms with van der Waals surface area (Å²) in [4.78, 5) is 16.9. The van der Waals surface area contributed by atoms with Crippen LogP contribution in [0.5, 0.6) is 0 Å². The molecule has 1 N–H and O–H groups in total. The first-order valence-electron chi connectivity index (χ1n) is 8.68. The van der Waals surface area contributed by atoms with Crippen LogP contribution in [0, 0.1) is 0 Å². The molecule has 1 saturated heterocycles. The summed E-state index contributed by atoms with van der Waals surface area (Å²) in [6.45, 7) is 1.80. The Morgan fingerprint density at radius 2 is 1.96 bits per heavy atom. The van der Waals surface area contributed by atoms with Crippen molar-refractivity contribution in [2.45, 2.75) is 32.0 Å². The molecule has 1 aromatic heterocycles. The minimum absolute atomic E-state index is 0.0455. The van der Waals surface area contributed by atoms with Crippen LogP contribution >= 0.6 is 0 Å². The Balaban J connectivity index is 1.58. The molecule has 25 heavy (non-hydrogen) atoms. The highest BCUT2D eigenvalue weighted by Gasteiger charge is 2.23. The molecule has 0 aliphatic carbocycles. The Morgan fingerprint density at radius 1 is 1.16 bits per heavy atom. The molecule has 0 bridgehead atoms. The summed E-state index contributed by atoms with van der Waals surface area (Å²) in [5.74, 6) is 0.812. The van der Waals surface area contributed by atoms with Crippen LogP contribution in [0.25, 0.3) is 11.0 Å². The second-order valence-corrected chi connectivity index (χ2v) is 6.31. The minimum Gasteiger partial charge on any atom is -0.368 e. The maximum atomic E-state index is 12.2. The zero-order valence-electron chi connectivity index (χ0n) is 14.0. The summed E-state index contributed by atoms with van der Waals surface area (Å²) in [5, 5.41) is 2.98. The lowest BCUT2D eigenvalue weighted by atomic mass is 10.2. The summed E-state index contributed by atoms with van der Waals surface area (Å²) in [7, 11) is 0. The number of para-hydroxylation sites is 2. The first-order valence-corrected chi connectivity index (χ1v) is 8.68. The number of nitrogens with one attached hydrogen (secondary N) is 1. The molecule has 1 aliphatic heterocycles. The number of imidazole rings is 1. The van der Waals surface area contributed by atoms with Crippen molar-refractivity contribution in [2.75, 3.05) is 6.61 Å². The van der Waals surface area contributed by atoms with Gasteiger partial charge in [0, 0.05) is 13.2 Å². The van der Waals surface area contributed by atoms with E-state index < -0.39 is 0 Å². The number of carbonyl (C=O) groups excluding carboxylic acids is 1. The van der Waals surface area contributed by atoms with Crippen LogP contribution in [0.15, 0.2) is 54.6 Å². The molecule has 1 amide bonds. The van der Waals surface area contributed by atoms with Gasteiger partial charge in [0.25, 0.3) is 0 Å². The van der Waals surface area contributed by atoms with Gasteiger partial charge in [-0.25, -0.2) is 4.98 Å². The molecule has 4 rings (SSSR count). The van der Waals surface area contributed by atoms with Gasteiger partial charge >= 0.3 is 0 Å². The van der Waals surface area contributed by atoms with E-state index in [-0.39, 0.29) is 12.0 Å². The molecule has 128 valence electrons. The number of fused-ring (bicyclic) bond motifs is 1. The highest BCUT2D eigenvalue weighted by atomic mass is 16.5. The fraction of sp³-hybridized carbons (Fsp3) is 0.300. The molecule has 1 unspecified atom stereocenters. The molecule has 1 fully saturated rings. The average Bonchev–Trinajstić information content (AvgIpc) is 3.29. The van der Waals surface area contributed by atoms with Gasteiger partial charge in [0.2, 0.25) is 5.91 Å². The monoisotopic (exact) mass is 335 g/mol. The number of ether oxygens (including phenoxy) is 1. The van der Waals surface area contributed by atoms with Crippen LogP contribution in [0.3, 0.4) is 0 Å². The summed E-state index contributed by atoms with van der Waals surface area (Å²) in [5.41, 5.74) is 3.23. The largest absolute Gasteiger partial charge is 0.368 e. The van der Waals surface area contributed by atoms with E-state index in [4.69, 9.17) is 9.72 Å². The first kappa shape index (κ1) is 15.8. The van der Waals surface area contributed by atoms with E-state index in [9.17, 15) is 4.79 Å². The van der Waals surface area contributed by atoms with Crippen molar-refractivity contribution in [3.63, 3.8) is 0 Å². The predicted molar refractivity (Wildman–Crippen MR) is 96.1 cm³/mol. The Hall–Kier alpha value is -2.66. The number of amides is 1. The quantitative estimate of drug-likeness (QED) is 0.780. The van der Waals surface area contributed by atoms with E-state index >= 15 is 0 Å². The molecule has 5 heteroatoms. The standard InChI is InChI=1S/C20H21N3O2/c24-20(18-11-6-12-25-18)21-13-19-22-16-9-4-5-10-17(16)23(19)14-15-7-2-1-3-8-15/h1-5,7-10,18H,6,11-14H2,(H,21,24). The second kappa shape index (κ2) is 7.07. The number of benzene rings is 2. The van der Waals surface area contributed by atoms with E-state index in [2.05, 4.69) is 28.1 Å². The van der Waals surface area contributed by atoms with Crippen molar-refractivity contribution in [3.05, 3.63) is 66.0 Å². The number of hydrogen-bond acceptors (Lipinski definition) is 3. The van der Waals surface area contributed by atoms with Gasteiger partial charge in [-0.1, -0.05) is 42.5 Å². The Kier molecular flexibility index (Phi) is 4.48. The maximum Gasteiger partial charge on any atom is 0.249 e. The van der Waals surface area contributed by atoms with Crippen LogP contribution in [0.2, 0.25) is 0 Å². The zero-order chi connectivity index (χ0) is 17.1. The molecule has 0 spiro atoms. The van der Waals surface area contributed by atoms with Crippen molar-refractivity contribution >= 4 is 16.9 Å². The smallest absolute Gasteiger partial charge is 0.249 e. The van der Waals surface area contributed by atoms with Crippen LogP contribution in [-0.4, -0.2) is 28.2 Å². The van der Waals surface area contributed by atoms with Gasteiger partial charge in [-0.2, -0.15) is 0 Å². The highest BCUT2D eigenvalue weighted by Crippen LogP contribution is 2.18. The Morgan fingerprint density at radius 3 is 2.76 bits per heavy atom. The van der Waals surface area contributed by atoms with Crippen molar-refractivity contribution in [1.29, 1.82) is 0 Å². The third-order valence-corrected chi connectivity index (χ3v) is 4.56. The predicted octanol–water partition coefficient (Wildman–Crippen LogP) is 2.88. The van der Waals surface area contributed by atoms with E-state index in [1.807, 2.05) is 36.4 Å². The van der Waals surface area contributed by atoms with Crippen molar-refractivity contribution in [2.24, 2.45) is 0 Å². The van der Waals surface area contributed by atoms with Crippen LogP contribution in [0.1, 0.15) is 24.2 Å². The molecule has 1 atom stereocenters. The lowest BCUT2D eigenvalue weighted by Crippen LogP contribution is -2.34. The lowest BCUT2D eigenvalue weighted by molar-refractivity contribution is -0.130. The number of carbonyl (C=O) groups is 1. The fourth-order valence-electron chi connectivity index (χ4n) is 3.27. The number of aromatic nitrogens is 2. The fourth-order valence-corrected chi connectivity index (χ4v) is 3.27. The van der Waals surface area contributed by atoms with Gasteiger partial charge in [0.15, 0.2) is 0 Å². The molecule has 2 aromatic carbocycles. The summed E-state index contributed by atoms with van der Waals surface area (Å²) >= 11 is 0. The molecule has 0 saturated carbocycles. The third kappa shape index (κ3) is 3.42. The van der Waals surface area contributed by atoms with E-state index in [0.717, 1.165) is 36.2 Å². The topological polar surface area (TPSA) is 56.2 Å². The number of hydrogen-bond donors (Lipinski definition) is 1. The Bertz CT molecular complexity index is 867. The van der Waals surface area contributed by atoms with Crippen molar-refractivity contribution in [1.82, 2.24) is 14.9 Å². The number of rotatable bonds is 5. The van der Waals surface area contributed by atoms with Crippen LogP contribution in [-0.2, 0) is 22.6 Å². The molecule has 0 radical (unpaired) electrons. The Labute approximate surface area is 146 Å². The van der Waals surface area contributed by atoms with Crippen molar-refractivity contribution < 1.29 is 9.53 Å². The van der Waals surface area contributed by atoms with Gasteiger partial charge in [0.1, 0.15) is 11.9 Å². The molecule has 2 heterocycles. The van der Waals surface area contributed by atoms with Gasteiger partial charge in [-0.15, -0.1) is 0 Å². The van der Waals surface area contributed by atoms with Gasteiger partial charge in [-0.3, -0.25) is 4.79 Å². The maximum absolute atomic E-state index is 12.2. The van der Waals surface area contributed by atoms with Crippen LogP contribution in [0.4, 0.5) is 0 Å².